The maximum absolute atomic E-state index is 13.9. The number of ether oxygens (including phenoxy) is 1. The average molecular weight is 374 g/mol. The van der Waals surface area contributed by atoms with Crippen molar-refractivity contribution in [2.24, 2.45) is 5.92 Å². The van der Waals surface area contributed by atoms with E-state index in [2.05, 4.69) is 5.32 Å². The molecule has 3 fully saturated rings. The molecule has 1 heterocycles. The molecule has 146 valence electrons. The van der Waals surface area contributed by atoms with Gasteiger partial charge in [-0.2, -0.15) is 0 Å². The summed E-state index contributed by atoms with van der Waals surface area (Å²) < 4.78 is 18.9. The second-order valence-corrected chi connectivity index (χ2v) is 8.79. The fourth-order valence-corrected chi connectivity index (χ4v) is 4.67. The minimum atomic E-state index is -0.379. The van der Waals surface area contributed by atoms with Crippen molar-refractivity contribution < 1.29 is 18.7 Å². The molecule has 4 rings (SSSR count). The third-order valence-corrected chi connectivity index (χ3v) is 6.59. The van der Waals surface area contributed by atoms with Gasteiger partial charge in [-0.1, -0.05) is 26.0 Å². The molecule has 0 unspecified atom stereocenters. The highest BCUT2D eigenvalue weighted by Crippen LogP contribution is 2.44. The van der Waals surface area contributed by atoms with Gasteiger partial charge in [0.25, 0.3) is 0 Å². The standard InChI is InChI=1S/C21H27FN2O3/c1-12(2)17-8-13(4-5-18(17)22)14-6-16(7-14)24(3)19(25)15-9-21(10-15)11-27-20(26)23-21/h4-5,8,12,14-16H,6-7,9-11H2,1-3H3,(H,23,26). The lowest BCUT2D eigenvalue weighted by molar-refractivity contribution is -0.143. The van der Waals surface area contributed by atoms with E-state index in [4.69, 9.17) is 4.74 Å². The van der Waals surface area contributed by atoms with Crippen molar-refractivity contribution >= 4 is 12.0 Å². The van der Waals surface area contributed by atoms with Crippen LogP contribution in [-0.2, 0) is 9.53 Å². The van der Waals surface area contributed by atoms with E-state index in [9.17, 15) is 14.0 Å². The van der Waals surface area contributed by atoms with Crippen LogP contribution in [0, 0.1) is 11.7 Å². The zero-order valence-electron chi connectivity index (χ0n) is 16.1. The number of carbonyl (C=O) groups is 2. The molecule has 1 saturated heterocycles. The Morgan fingerprint density at radius 2 is 2.04 bits per heavy atom. The predicted octanol–water partition coefficient (Wildman–Crippen LogP) is 3.54. The van der Waals surface area contributed by atoms with Gasteiger partial charge >= 0.3 is 6.09 Å². The van der Waals surface area contributed by atoms with E-state index in [-0.39, 0.29) is 41.2 Å². The maximum atomic E-state index is 13.9. The number of cyclic esters (lactones) is 1. The number of nitrogens with one attached hydrogen (secondary N) is 1. The summed E-state index contributed by atoms with van der Waals surface area (Å²) >= 11 is 0. The van der Waals surface area contributed by atoms with Gasteiger partial charge in [0.2, 0.25) is 5.91 Å². The van der Waals surface area contributed by atoms with E-state index < -0.39 is 0 Å². The Morgan fingerprint density at radius 1 is 1.33 bits per heavy atom. The Bertz CT molecular complexity index is 767. The van der Waals surface area contributed by atoms with Crippen LogP contribution in [0.25, 0.3) is 0 Å². The fourth-order valence-electron chi connectivity index (χ4n) is 4.67. The van der Waals surface area contributed by atoms with Gasteiger partial charge in [0.15, 0.2) is 0 Å². The van der Waals surface area contributed by atoms with E-state index in [0.717, 1.165) is 18.4 Å². The first-order chi connectivity index (χ1) is 12.8. The van der Waals surface area contributed by atoms with Gasteiger partial charge in [-0.25, -0.2) is 9.18 Å². The van der Waals surface area contributed by atoms with Crippen LogP contribution in [-0.4, -0.2) is 42.1 Å². The van der Waals surface area contributed by atoms with Gasteiger partial charge in [-0.3, -0.25) is 4.79 Å². The number of nitrogens with zero attached hydrogens (tertiary/aromatic N) is 1. The molecule has 27 heavy (non-hydrogen) atoms. The molecule has 0 atom stereocenters. The van der Waals surface area contributed by atoms with Crippen LogP contribution in [0.4, 0.5) is 9.18 Å². The molecule has 6 heteroatoms. The maximum Gasteiger partial charge on any atom is 0.407 e. The highest BCUT2D eigenvalue weighted by Gasteiger charge is 2.53. The van der Waals surface area contributed by atoms with Gasteiger partial charge in [-0.15, -0.1) is 0 Å². The molecule has 1 aromatic rings. The normalized spacial score (nSPS) is 31.9. The molecule has 0 aromatic heterocycles. The number of alkyl carbamates (subject to hydrolysis) is 1. The Labute approximate surface area is 159 Å². The van der Waals surface area contributed by atoms with Gasteiger partial charge < -0.3 is 15.0 Å². The fraction of sp³-hybridized carbons (Fsp3) is 0.619. The minimum absolute atomic E-state index is 0.0329. The van der Waals surface area contributed by atoms with Gasteiger partial charge in [0.05, 0.1) is 5.54 Å². The molecule has 0 bridgehead atoms. The van der Waals surface area contributed by atoms with E-state index in [1.807, 2.05) is 37.9 Å². The van der Waals surface area contributed by atoms with E-state index in [1.54, 1.807) is 6.07 Å². The van der Waals surface area contributed by atoms with Crippen molar-refractivity contribution in [2.45, 2.75) is 62.9 Å². The zero-order chi connectivity index (χ0) is 19.3. The lowest BCUT2D eigenvalue weighted by atomic mass is 9.67. The van der Waals surface area contributed by atoms with Crippen LogP contribution >= 0.6 is 0 Å². The topological polar surface area (TPSA) is 58.6 Å². The van der Waals surface area contributed by atoms with Crippen LogP contribution in [0.1, 0.15) is 62.5 Å². The molecule has 2 amide bonds. The van der Waals surface area contributed by atoms with E-state index >= 15 is 0 Å². The predicted molar refractivity (Wildman–Crippen MR) is 99.0 cm³/mol. The van der Waals surface area contributed by atoms with Crippen molar-refractivity contribution in [2.75, 3.05) is 13.7 Å². The highest BCUT2D eigenvalue weighted by atomic mass is 19.1. The van der Waals surface area contributed by atoms with Crippen LogP contribution in [0.5, 0.6) is 0 Å². The zero-order valence-corrected chi connectivity index (χ0v) is 16.1. The largest absolute Gasteiger partial charge is 0.447 e. The van der Waals surface area contributed by atoms with Crippen LogP contribution in [0.3, 0.4) is 0 Å². The second kappa shape index (κ2) is 6.50. The smallest absolute Gasteiger partial charge is 0.407 e. The van der Waals surface area contributed by atoms with Crippen molar-refractivity contribution in [1.29, 1.82) is 0 Å². The SMILES string of the molecule is CC(C)c1cc(C2CC(N(C)C(=O)C3CC4(COC(=O)N4)C3)C2)ccc1F. The summed E-state index contributed by atoms with van der Waals surface area (Å²) in [6, 6.07) is 5.67. The molecule has 3 aliphatic rings. The van der Waals surface area contributed by atoms with Crippen molar-refractivity contribution in [3.63, 3.8) is 0 Å². The molecular formula is C21H27FN2O3. The molecule has 1 N–H and O–H groups in total. The first-order valence-corrected chi connectivity index (χ1v) is 9.79. The first kappa shape index (κ1) is 18.3. The van der Waals surface area contributed by atoms with Gasteiger partial charge in [-0.05, 0) is 54.7 Å². The highest BCUT2D eigenvalue weighted by molar-refractivity contribution is 5.81. The van der Waals surface area contributed by atoms with E-state index in [1.165, 1.54) is 5.56 Å². The summed E-state index contributed by atoms with van der Waals surface area (Å²) in [5.41, 5.74) is 1.62. The minimum Gasteiger partial charge on any atom is -0.447 e. The number of benzene rings is 1. The number of rotatable bonds is 4. The first-order valence-electron chi connectivity index (χ1n) is 9.79. The number of hydrogen-bond donors (Lipinski definition) is 1. The number of amides is 2. The summed E-state index contributed by atoms with van der Waals surface area (Å²) in [5.74, 6) is 0.537. The summed E-state index contributed by atoms with van der Waals surface area (Å²) in [6.45, 7) is 4.37. The van der Waals surface area contributed by atoms with Crippen molar-refractivity contribution in [3.05, 3.63) is 35.1 Å². The van der Waals surface area contributed by atoms with Crippen LogP contribution < -0.4 is 5.32 Å². The monoisotopic (exact) mass is 374 g/mol. The molecule has 2 aliphatic carbocycles. The lowest BCUT2D eigenvalue weighted by Crippen LogP contribution is -2.59. The molecule has 1 spiro atoms. The van der Waals surface area contributed by atoms with Crippen LogP contribution in [0.2, 0.25) is 0 Å². The molecule has 0 radical (unpaired) electrons. The summed E-state index contributed by atoms with van der Waals surface area (Å²) in [7, 11) is 1.88. The number of hydrogen-bond acceptors (Lipinski definition) is 3. The molecule has 5 nitrogen and oxygen atoms in total. The van der Waals surface area contributed by atoms with Crippen molar-refractivity contribution in [1.82, 2.24) is 10.2 Å². The average Bonchev–Trinajstić information content (AvgIpc) is 2.94. The number of halogens is 1. The summed E-state index contributed by atoms with van der Waals surface area (Å²) in [5, 5.41) is 2.83. The van der Waals surface area contributed by atoms with Crippen molar-refractivity contribution in [3.8, 4) is 0 Å². The Hall–Kier alpha value is -2.11. The Balaban J connectivity index is 1.31. The molecule has 2 saturated carbocycles. The van der Waals surface area contributed by atoms with E-state index in [0.29, 0.717) is 25.4 Å². The Morgan fingerprint density at radius 3 is 2.63 bits per heavy atom. The second-order valence-electron chi connectivity index (χ2n) is 8.79. The van der Waals surface area contributed by atoms with Crippen LogP contribution in [0.15, 0.2) is 18.2 Å². The van der Waals surface area contributed by atoms with Gasteiger partial charge in [0.1, 0.15) is 12.4 Å². The number of carbonyl (C=O) groups excluding carboxylic acids is 2. The molecule has 1 aliphatic heterocycles. The quantitative estimate of drug-likeness (QED) is 0.877. The molecule has 1 aromatic carbocycles. The summed E-state index contributed by atoms with van der Waals surface area (Å²) in [4.78, 5) is 25.8. The third kappa shape index (κ3) is 3.19. The van der Waals surface area contributed by atoms with Gasteiger partial charge in [0, 0.05) is 19.0 Å². The third-order valence-electron chi connectivity index (χ3n) is 6.59. The Kier molecular flexibility index (Phi) is 4.40. The molecular weight excluding hydrogens is 347 g/mol. The lowest BCUT2D eigenvalue weighted by Gasteiger charge is -2.47. The summed E-state index contributed by atoms with van der Waals surface area (Å²) in [6.07, 6.45) is 2.78.